The van der Waals surface area contributed by atoms with Crippen molar-refractivity contribution >= 4 is 22.8 Å². The van der Waals surface area contributed by atoms with Crippen molar-refractivity contribution < 1.29 is 9.53 Å². The molecule has 0 aliphatic carbocycles. The van der Waals surface area contributed by atoms with Crippen molar-refractivity contribution in [3.63, 3.8) is 0 Å². The molecule has 0 spiro atoms. The summed E-state index contributed by atoms with van der Waals surface area (Å²) >= 11 is 1.61. The molecular weight excluding hydrogens is 386 g/mol. The molecule has 0 aromatic carbocycles. The number of pyridine rings is 2. The van der Waals surface area contributed by atoms with Gasteiger partial charge in [-0.2, -0.15) is 11.3 Å². The highest BCUT2D eigenvalue weighted by Gasteiger charge is 2.28. The molecule has 146 valence electrons. The molecule has 29 heavy (non-hydrogen) atoms. The molecule has 1 saturated heterocycles. The van der Waals surface area contributed by atoms with Crippen molar-refractivity contribution in [2.75, 3.05) is 19.7 Å². The SMILES string of the molecule is O=C(Cc1ccsc1)N1CCO[C@@H](c2nnn3cc(-c4ccncc4)ccc23)C1. The Balaban J connectivity index is 1.36. The van der Waals surface area contributed by atoms with Crippen LogP contribution in [0.5, 0.6) is 0 Å². The van der Waals surface area contributed by atoms with Gasteiger partial charge in [0.2, 0.25) is 5.91 Å². The van der Waals surface area contributed by atoms with E-state index >= 15 is 0 Å². The molecule has 1 aliphatic rings. The second kappa shape index (κ2) is 7.73. The number of carbonyl (C=O) groups excluding carboxylic acids is 1. The van der Waals surface area contributed by atoms with Crippen molar-refractivity contribution in [2.24, 2.45) is 0 Å². The number of nitrogens with zero attached hydrogens (tertiary/aromatic N) is 5. The maximum absolute atomic E-state index is 12.7. The van der Waals surface area contributed by atoms with E-state index in [2.05, 4.69) is 15.3 Å². The van der Waals surface area contributed by atoms with Crippen LogP contribution >= 0.6 is 11.3 Å². The first-order chi connectivity index (χ1) is 14.3. The van der Waals surface area contributed by atoms with Crippen molar-refractivity contribution in [2.45, 2.75) is 12.5 Å². The summed E-state index contributed by atoms with van der Waals surface area (Å²) in [4.78, 5) is 18.6. The summed E-state index contributed by atoms with van der Waals surface area (Å²) in [5.41, 5.74) is 4.81. The summed E-state index contributed by atoms with van der Waals surface area (Å²) in [6.07, 6.45) is 5.63. The van der Waals surface area contributed by atoms with Crippen LogP contribution < -0.4 is 0 Å². The van der Waals surface area contributed by atoms with Crippen molar-refractivity contribution in [3.8, 4) is 11.1 Å². The van der Waals surface area contributed by atoms with Gasteiger partial charge in [0.1, 0.15) is 11.8 Å². The predicted octanol–water partition coefficient (Wildman–Crippen LogP) is 3.00. The first-order valence-corrected chi connectivity index (χ1v) is 10.4. The number of carbonyl (C=O) groups is 1. The third kappa shape index (κ3) is 3.64. The Morgan fingerprint density at radius 3 is 2.90 bits per heavy atom. The minimum Gasteiger partial charge on any atom is -0.368 e. The van der Waals surface area contributed by atoms with Gasteiger partial charge >= 0.3 is 0 Å². The van der Waals surface area contributed by atoms with Gasteiger partial charge in [0.25, 0.3) is 0 Å². The number of rotatable bonds is 4. The van der Waals surface area contributed by atoms with Crippen LogP contribution in [0.4, 0.5) is 0 Å². The molecule has 8 heteroatoms. The topological polar surface area (TPSA) is 72.6 Å². The number of aromatic nitrogens is 4. The first kappa shape index (κ1) is 18.0. The lowest BCUT2D eigenvalue weighted by molar-refractivity contribution is -0.138. The van der Waals surface area contributed by atoms with Crippen LogP contribution in [0.15, 0.2) is 59.7 Å². The van der Waals surface area contributed by atoms with E-state index in [0.717, 1.165) is 27.9 Å². The standard InChI is InChI=1S/C21H19N5O2S/c27-20(11-15-5-10-29-14-15)25-8-9-28-19(13-25)21-18-2-1-17(12-26(18)24-23-21)16-3-6-22-7-4-16/h1-7,10,12,14,19H,8-9,11,13H2/t19-/m1/s1. The lowest BCUT2D eigenvalue weighted by atomic mass is 10.1. The Labute approximate surface area is 171 Å². The molecular formula is C21H19N5O2S. The molecule has 0 unspecified atom stereocenters. The van der Waals surface area contributed by atoms with Gasteiger partial charge in [-0.05, 0) is 46.2 Å². The van der Waals surface area contributed by atoms with E-state index in [0.29, 0.717) is 26.1 Å². The zero-order chi connectivity index (χ0) is 19.6. The number of hydrogen-bond donors (Lipinski definition) is 0. The van der Waals surface area contributed by atoms with Gasteiger partial charge in [0.05, 0.1) is 25.1 Å². The van der Waals surface area contributed by atoms with Crippen LogP contribution in [0.25, 0.3) is 16.6 Å². The summed E-state index contributed by atoms with van der Waals surface area (Å²) in [6.45, 7) is 1.59. The average Bonchev–Trinajstić information content (AvgIpc) is 3.43. The molecule has 7 nitrogen and oxygen atoms in total. The molecule has 0 N–H and O–H groups in total. The smallest absolute Gasteiger partial charge is 0.227 e. The fraction of sp³-hybridized carbons (Fsp3) is 0.238. The van der Waals surface area contributed by atoms with E-state index in [1.807, 2.05) is 52.2 Å². The second-order valence-electron chi connectivity index (χ2n) is 6.97. The Kier molecular flexibility index (Phi) is 4.79. The Hall–Kier alpha value is -3.10. The molecule has 1 atom stereocenters. The average molecular weight is 405 g/mol. The lowest BCUT2D eigenvalue weighted by Crippen LogP contribution is -2.43. The zero-order valence-corrected chi connectivity index (χ0v) is 16.5. The Bertz CT molecular complexity index is 1130. The fourth-order valence-electron chi connectivity index (χ4n) is 3.58. The van der Waals surface area contributed by atoms with E-state index in [4.69, 9.17) is 4.74 Å². The molecule has 0 saturated carbocycles. The van der Waals surface area contributed by atoms with Gasteiger partial charge < -0.3 is 9.64 Å². The fourth-order valence-corrected chi connectivity index (χ4v) is 4.25. The van der Waals surface area contributed by atoms with Gasteiger partial charge in [-0.25, -0.2) is 4.52 Å². The molecule has 1 fully saturated rings. The van der Waals surface area contributed by atoms with Crippen LogP contribution in [0, 0.1) is 0 Å². The summed E-state index contributed by atoms with van der Waals surface area (Å²) in [7, 11) is 0. The molecule has 0 bridgehead atoms. The molecule has 5 heterocycles. The zero-order valence-electron chi connectivity index (χ0n) is 15.6. The van der Waals surface area contributed by atoms with Crippen molar-refractivity contribution in [1.82, 2.24) is 24.7 Å². The van der Waals surface area contributed by atoms with Gasteiger partial charge in [0, 0.05) is 30.7 Å². The number of thiophene rings is 1. The monoisotopic (exact) mass is 405 g/mol. The highest BCUT2D eigenvalue weighted by atomic mass is 32.1. The quantitative estimate of drug-likeness (QED) is 0.522. The first-order valence-electron chi connectivity index (χ1n) is 9.44. The molecule has 4 aromatic rings. The minimum atomic E-state index is -0.278. The van der Waals surface area contributed by atoms with Crippen LogP contribution in [0.2, 0.25) is 0 Å². The van der Waals surface area contributed by atoms with Crippen LogP contribution in [0.1, 0.15) is 17.4 Å². The Morgan fingerprint density at radius 1 is 1.17 bits per heavy atom. The summed E-state index contributed by atoms with van der Waals surface area (Å²) in [6, 6.07) is 9.95. The molecule has 0 radical (unpaired) electrons. The maximum Gasteiger partial charge on any atom is 0.227 e. The van der Waals surface area contributed by atoms with E-state index < -0.39 is 0 Å². The van der Waals surface area contributed by atoms with E-state index in [1.54, 1.807) is 28.2 Å². The molecule has 1 aliphatic heterocycles. The molecule has 1 amide bonds. The normalized spacial score (nSPS) is 17.0. The predicted molar refractivity (Wildman–Crippen MR) is 110 cm³/mol. The van der Waals surface area contributed by atoms with Crippen LogP contribution in [0.3, 0.4) is 0 Å². The number of ether oxygens (including phenoxy) is 1. The summed E-state index contributed by atoms with van der Waals surface area (Å²) in [5, 5.41) is 12.7. The van der Waals surface area contributed by atoms with Gasteiger partial charge in [-0.1, -0.05) is 11.3 Å². The largest absolute Gasteiger partial charge is 0.368 e. The van der Waals surface area contributed by atoms with Gasteiger partial charge in [0.15, 0.2) is 0 Å². The second-order valence-corrected chi connectivity index (χ2v) is 7.75. The third-order valence-corrected chi connectivity index (χ3v) is 5.85. The Morgan fingerprint density at radius 2 is 2.07 bits per heavy atom. The minimum absolute atomic E-state index is 0.119. The number of fused-ring (bicyclic) bond motifs is 1. The van der Waals surface area contributed by atoms with Crippen molar-refractivity contribution in [3.05, 3.63) is 70.9 Å². The molecule has 5 rings (SSSR count). The third-order valence-electron chi connectivity index (χ3n) is 5.11. The van der Waals surface area contributed by atoms with E-state index in [9.17, 15) is 4.79 Å². The van der Waals surface area contributed by atoms with Crippen LogP contribution in [-0.2, 0) is 16.0 Å². The number of amides is 1. The number of hydrogen-bond acceptors (Lipinski definition) is 6. The number of morpholine rings is 1. The highest BCUT2D eigenvalue weighted by molar-refractivity contribution is 7.08. The lowest BCUT2D eigenvalue weighted by Gasteiger charge is -2.32. The molecule has 4 aromatic heterocycles. The summed E-state index contributed by atoms with van der Waals surface area (Å²) in [5.74, 6) is 0.119. The van der Waals surface area contributed by atoms with Crippen molar-refractivity contribution in [1.29, 1.82) is 0 Å². The summed E-state index contributed by atoms with van der Waals surface area (Å²) < 4.78 is 7.71. The van der Waals surface area contributed by atoms with Crippen LogP contribution in [-0.4, -0.2) is 50.3 Å². The highest BCUT2D eigenvalue weighted by Crippen LogP contribution is 2.27. The van der Waals surface area contributed by atoms with Gasteiger partial charge in [-0.15, -0.1) is 5.10 Å². The van der Waals surface area contributed by atoms with Gasteiger partial charge in [-0.3, -0.25) is 9.78 Å². The van der Waals surface area contributed by atoms with E-state index in [-0.39, 0.29) is 12.0 Å². The maximum atomic E-state index is 12.7. The van der Waals surface area contributed by atoms with E-state index in [1.165, 1.54) is 0 Å².